The number of aliphatic hydroxyl groups is 1. The molecule has 29 heavy (non-hydrogen) atoms. The molecule has 0 unspecified atom stereocenters. The van der Waals surface area contributed by atoms with Crippen molar-refractivity contribution in [3.8, 4) is 11.5 Å². The molecule has 1 aliphatic heterocycles. The summed E-state index contributed by atoms with van der Waals surface area (Å²) in [5.41, 5.74) is 2.42. The number of phenolic OH excluding ortho intramolecular Hbond substituents is 1. The van der Waals surface area contributed by atoms with E-state index in [-0.39, 0.29) is 23.7 Å². The monoisotopic (exact) mass is 411 g/mol. The Morgan fingerprint density at radius 1 is 1.17 bits per heavy atom. The highest BCUT2D eigenvalue weighted by atomic mass is 32.2. The summed E-state index contributed by atoms with van der Waals surface area (Å²) in [6.07, 6.45) is 1.66. The zero-order chi connectivity index (χ0) is 21.0. The molecule has 0 aromatic heterocycles. The number of thioether (sulfide) groups is 1. The van der Waals surface area contributed by atoms with E-state index in [1.165, 1.54) is 13.2 Å². The van der Waals surface area contributed by atoms with E-state index in [0.29, 0.717) is 26.9 Å². The van der Waals surface area contributed by atoms with E-state index in [1.54, 1.807) is 25.1 Å². The number of carbonyl (C=O) groups is 1. The van der Waals surface area contributed by atoms with Crippen LogP contribution in [0.1, 0.15) is 18.1 Å². The first-order valence-corrected chi connectivity index (χ1v) is 9.77. The molecule has 0 fully saturated rings. The minimum Gasteiger partial charge on any atom is -0.506 e. The molecular weight excluding hydrogens is 390 g/mol. The molecule has 6 nitrogen and oxygen atoms in total. The molecule has 2 aromatic carbocycles. The number of hydrogen-bond acceptors (Lipinski definition) is 7. The Morgan fingerprint density at radius 3 is 2.52 bits per heavy atom. The van der Waals surface area contributed by atoms with Crippen molar-refractivity contribution in [2.75, 3.05) is 13.7 Å². The van der Waals surface area contributed by atoms with Crippen LogP contribution in [0, 0.1) is 6.92 Å². The molecule has 0 aliphatic carbocycles. The van der Waals surface area contributed by atoms with Crippen LogP contribution in [0.2, 0.25) is 0 Å². The number of benzene rings is 2. The lowest BCUT2D eigenvalue weighted by molar-refractivity contribution is -0.138. The molecule has 0 atom stereocenters. The van der Waals surface area contributed by atoms with Gasteiger partial charge in [0.05, 0.1) is 24.3 Å². The first kappa shape index (κ1) is 20.5. The maximum Gasteiger partial charge on any atom is 0.344 e. The standard InChI is InChI=1S/C22H21NO5S/c1-4-28-22(26)19-20(25)18(12-14-7-10-17(27-3)16(24)11-14)29-21(19)23-15-8-5-13(2)6-9-15/h5-12,24-25H,4H2,1-3H3. The van der Waals surface area contributed by atoms with Gasteiger partial charge in [0.1, 0.15) is 16.4 Å². The van der Waals surface area contributed by atoms with Gasteiger partial charge in [-0.2, -0.15) is 0 Å². The van der Waals surface area contributed by atoms with Crippen molar-refractivity contribution < 1.29 is 24.5 Å². The van der Waals surface area contributed by atoms with Crippen molar-refractivity contribution in [2.24, 2.45) is 4.99 Å². The predicted molar refractivity (Wildman–Crippen MR) is 115 cm³/mol. The van der Waals surface area contributed by atoms with Crippen molar-refractivity contribution in [2.45, 2.75) is 13.8 Å². The normalized spacial score (nSPS) is 16.5. The van der Waals surface area contributed by atoms with E-state index in [2.05, 4.69) is 4.99 Å². The van der Waals surface area contributed by atoms with Gasteiger partial charge in [0.2, 0.25) is 0 Å². The Morgan fingerprint density at radius 2 is 1.90 bits per heavy atom. The number of phenols is 1. The van der Waals surface area contributed by atoms with E-state index < -0.39 is 5.97 Å². The first-order valence-electron chi connectivity index (χ1n) is 8.96. The first-order chi connectivity index (χ1) is 13.9. The molecule has 0 saturated carbocycles. The molecule has 3 rings (SSSR count). The zero-order valence-corrected chi connectivity index (χ0v) is 17.1. The lowest BCUT2D eigenvalue weighted by Gasteiger charge is -2.04. The zero-order valence-electron chi connectivity index (χ0n) is 16.3. The fourth-order valence-corrected chi connectivity index (χ4v) is 3.71. The topological polar surface area (TPSA) is 88.4 Å². The summed E-state index contributed by atoms with van der Waals surface area (Å²) >= 11 is 1.16. The fourth-order valence-electron chi connectivity index (χ4n) is 2.68. The van der Waals surface area contributed by atoms with E-state index in [1.807, 2.05) is 31.2 Å². The van der Waals surface area contributed by atoms with Gasteiger partial charge < -0.3 is 19.7 Å². The summed E-state index contributed by atoms with van der Waals surface area (Å²) in [4.78, 5) is 17.4. The van der Waals surface area contributed by atoms with Crippen LogP contribution in [0.5, 0.6) is 11.5 Å². The van der Waals surface area contributed by atoms with Gasteiger partial charge in [-0.3, -0.25) is 0 Å². The third kappa shape index (κ3) is 4.63. The van der Waals surface area contributed by atoms with Crippen LogP contribution < -0.4 is 4.74 Å². The summed E-state index contributed by atoms with van der Waals surface area (Å²) in [5, 5.41) is 21.0. The lowest BCUT2D eigenvalue weighted by atomic mass is 10.1. The number of aliphatic imine (C=N–C) groups is 1. The molecule has 7 heteroatoms. The summed E-state index contributed by atoms with van der Waals surface area (Å²) in [5.74, 6) is -0.508. The van der Waals surface area contributed by atoms with E-state index >= 15 is 0 Å². The van der Waals surface area contributed by atoms with E-state index in [4.69, 9.17) is 9.47 Å². The number of aryl methyl sites for hydroxylation is 1. The average Bonchev–Trinajstić information content (AvgIpc) is 2.99. The summed E-state index contributed by atoms with van der Waals surface area (Å²) in [6.45, 7) is 3.86. The molecular formula is C22H21NO5S. The Hall–Kier alpha value is -3.19. The van der Waals surface area contributed by atoms with Gasteiger partial charge in [0.25, 0.3) is 0 Å². The number of ether oxygens (including phenoxy) is 2. The molecule has 0 amide bonds. The number of methoxy groups -OCH3 is 1. The third-order valence-electron chi connectivity index (χ3n) is 4.14. The van der Waals surface area contributed by atoms with Gasteiger partial charge >= 0.3 is 5.97 Å². The lowest BCUT2D eigenvalue weighted by Crippen LogP contribution is -2.12. The molecule has 1 heterocycles. The summed E-state index contributed by atoms with van der Waals surface area (Å²) in [7, 11) is 1.47. The van der Waals surface area contributed by atoms with Gasteiger partial charge in [0.15, 0.2) is 11.5 Å². The van der Waals surface area contributed by atoms with Gasteiger partial charge in [-0.15, -0.1) is 0 Å². The molecule has 150 valence electrons. The Labute approximate surface area is 173 Å². The molecule has 0 bridgehead atoms. The van der Waals surface area contributed by atoms with Crippen LogP contribution in [0.25, 0.3) is 6.08 Å². The number of nitrogens with zero attached hydrogens (tertiary/aromatic N) is 1. The maximum absolute atomic E-state index is 12.4. The number of aliphatic hydroxyl groups excluding tert-OH is 1. The van der Waals surface area contributed by atoms with Crippen LogP contribution in [0.4, 0.5) is 5.69 Å². The quantitative estimate of drug-likeness (QED) is 0.680. The van der Waals surface area contributed by atoms with Crippen molar-refractivity contribution in [3.63, 3.8) is 0 Å². The summed E-state index contributed by atoms with van der Waals surface area (Å²) in [6, 6.07) is 12.4. The second-order valence-corrected chi connectivity index (χ2v) is 7.27. The summed E-state index contributed by atoms with van der Waals surface area (Å²) < 4.78 is 10.1. The number of carbonyl (C=O) groups excluding carboxylic acids is 1. The van der Waals surface area contributed by atoms with Crippen LogP contribution in [0.3, 0.4) is 0 Å². The van der Waals surface area contributed by atoms with E-state index in [0.717, 1.165) is 17.3 Å². The SMILES string of the molecule is CCOC(=O)C1=C(O)C(=Cc2ccc(OC)c(O)c2)SC1=Nc1ccc(C)cc1. The minimum absolute atomic E-state index is 0.0209. The van der Waals surface area contributed by atoms with Gasteiger partial charge in [-0.1, -0.05) is 35.5 Å². The predicted octanol–water partition coefficient (Wildman–Crippen LogP) is 4.90. The van der Waals surface area contributed by atoms with Gasteiger partial charge in [-0.25, -0.2) is 9.79 Å². The second-order valence-electron chi connectivity index (χ2n) is 6.24. The van der Waals surface area contributed by atoms with Crippen molar-refractivity contribution in [1.82, 2.24) is 0 Å². The Bertz CT molecular complexity index is 1020. The van der Waals surface area contributed by atoms with Crippen molar-refractivity contribution >= 4 is 34.5 Å². The van der Waals surface area contributed by atoms with Crippen molar-refractivity contribution in [1.29, 1.82) is 0 Å². The molecule has 0 spiro atoms. The third-order valence-corrected chi connectivity index (χ3v) is 5.16. The van der Waals surface area contributed by atoms with E-state index in [9.17, 15) is 15.0 Å². The minimum atomic E-state index is -0.635. The maximum atomic E-state index is 12.4. The molecule has 2 N–H and O–H groups in total. The second kappa shape index (κ2) is 8.87. The number of esters is 1. The number of rotatable bonds is 5. The molecule has 2 aromatic rings. The number of hydrogen-bond donors (Lipinski definition) is 2. The largest absolute Gasteiger partial charge is 0.506 e. The van der Waals surface area contributed by atoms with Gasteiger partial charge in [-0.05, 0) is 49.8 Å². The molecule has 0 saturated heterocycles. The highest BCUT2D eigenvalue weighted by Gasteiger charge is 2.33. The highest BCUT2D eigenvalue weighted by molar-refractivity contribution is 8.18. The van der Waals surface area contributed by atoms with Crippen LogP contribution in [-0.4, -0.2) is 34.9 Å². The number of aromatic hydroxyl groups is 1. The Kier molecular flexibility index (Phi) is 6.29. The smallest absolute Gasteiger partial charge is 0.344 e. The van der Waals surface area contributed by atoms with Crippen molar-refractivity contribution in [3.05, 3.63) is 69.8 Å². The molecule has 1 aliphatic rings. The molecule has 0 radical (unpaired) electrons. The average molecular weight is 411 g/mol. The van der Waals surface area contributed by atoms with Crippen LogP contribution in [-0.2, 0) is 9.53 Å². The highest BCUT2D eigenvalue weighted by Crippen LogP contribution is 2.40. The Balaban J connectivity index is 2.02. The fraction of sp³-hybridized carbons (Fsp3) is 0.182. The van der Waals surface area contributed by atoms with Gasteiger partial charge in [0, 0.05) is 0 Å². The van der Waals surface area contributed by atoms with Crippen LogP contribution >= 0.6 is 11.8 Å². The van der Waals surface area contributed by atoms with Crippen LogP contribution in [0.15, 0.2) is 63.7 Å².